The Kier molecular flexibility index (Phi) is 5.27. The van der Waals surface area contributed by atoms with Crippen molar-refractivity contribution in [3.8, 4) is 0 Å². The second-order valence-corrected chi connectivity index (χ2v) is 5.52. The van der Waals surface area contributed by atoms with Crippen molar-refractivity contribution in [2.75, 3.05) is 5.88 Å². The fourth-order valence-corrected chi connectivity index (χ4v) is 3.19. The summed E-state index contributed by atoms with van der Waals surface area (Å²) in [6.07, 6.45) is 0.817. The van der Waals surface area contributed by atoms with Gasteiger partial charge in [0.05, 0.1) is 4.92 Å². The lowest BCUT2D eigenvalue weighted by atomic mass is 10.4. The van der Waals surface area contributed by atoms with Gasteiger partial charge in [0.15, 0.2) is 5.03 Å². The zero-order valence-corrected chi connectivity index (χ0v) is 11.7. The molecule has 0 aliphatic carbocycles. The molecule has 1 aromatic heterocycles. The molecular weight excluding hydrogens is 262 g/mol. The summed E-state index contributed by atoms with van der Waals surface area (Å²) in [5.41, 5.74) is 0.593. The fraction of sp³-hybridized carbons (Fsp3) is 0.700. The lowest BCUT2D eigenvalue weighted by Crippen LogP contribution is -2.04. The number of hydrogen-bond acceptors (Lipinski definition) is 4. The molecule has 0 N–H and O–H groups in total. The topological polar surface area (TPSA) is 61.0 Å². The molecule has 0 saturated carbocycles. The molecule has 17 heavy (non-hydrogen) atoms. The van der Waals surface area contributed by atoms with Crippen LogP contribution in [0.1, 0.15) is 26.0 Å². The van der Waals surface area contributed by atoms with E-state index in [0.29, 0.717) is 23.1 Å². The predicted octanol–water partition coefficient (Wildman–Crippen LogP) is 3.23. The molecule has 1 unspecified atom stereocenters. The zero-order valence-electron chi connectivity index (χ0n) is 10.1. The Morgan fingerprint density at radius 1 is 1.65 bits per heavy atom. The highest BCUT2D eigenvalue weighted by atomic mass is 35.5. The van der Waals surface area contributed by atoms with Crippen molar-refractivity contribution in [3.05, 3.63) is 15.8 Å². The number of nitro groups is 1. The molecule has 0 aromatic carbocycles. The van der Waals surface area contributed by atoms with Crippen molar-refractivity contribution in [1.29, 1.82) is 0 Å². The summed E-state index contributed by atoms with van der Waals surface area (Å²) >= 11 is 7.14. The molecule has 0 saturated heterocycles. The van der Waals surface area contributed by atoms with Crippen LogP contribution in [0.25, 0.3) is 0 Å². The summed E-state index contributed by atoms with van der Waals surface area (Å²) < 4.78 is 1.68. The van der Waals surface area contributed by atoms with Crippen molar-refractivity contribution in [2.24, 2.45) is 0 Å². The van der Waals surface area contributed by atoms with Crippen molar-refractivity contribution in [3.63, 3.8) is 0 Å². The Morgan fingerprint density at radius 2 is 2.29 bits per heavy atom. The molecule has 0 bridgehead atoms. The van der Waals surface area contributed by atoms with Crippen molar-refractivity contribution < 1.29 is 4.92 Å². The third kappa shape index (κ3) is 3.35. The van der Waals surface area contributed by atoms with Gasteiger partial charge in [-0.3, -0.25) is 14.8 Å². The first-order valence-electron chi connectivity index (χ1n) is 5.45. The lowest BCUT2D eigenvalue weighted by Gasteiger charge is -2.09. The monoisotopic (exact) mass is 277 g/mol. The standard InChI is InChI=1S/C10H16ClN3O2S/c1-4-13-10(17-7(2)5-6-11)9(14(15)16)8(3)12-13/h7H,4-6H2,1-3H3. The number of nitrogens with zero attached hydrogens (tertiary/aromatic N) is 3. The van der Waals surface area contributed by atoms with Crippen LogP contribution in [-0.2, 0) is 6.54 Å². The third-order valence-electron chi connectivity index (χ3n) is 2.36. The fourth-order valence-electron chi connectivity index (χ4n) is 1.50. The van der Waals surface area contributed by atoms with E-state index in [1.807, 2.05) is 13.8 Å². The molecule has 1 heterocycles. The molecule has 7 heteroatoms. The summed E-state index contributed by atoms with van der Waals surface area (Å²) in [4.78, 5) is 10.7. The van der Waals surface area contributed by atoms with E-state index >= 15 is 0 Å². The van der Waals surface area contributed by atoms with Crippen molar-refractivity contribution in [1.82, 2.24) is 9.78 Å². The summed E-state index contributed by atoms with van der Waals surface area (Å²) in [6.45, 7) is 6.23. The minimum absolute atomic E-state index is 0.123. The normalized spacial score (nSPS) is 12.7. The molecular formula is C10H16ClN3O2S. The van der Waals surface area contributed by atoms with E-state index in [-0.39, 0.29) is 15.9 Å². The number of thioether (sulfide) groups is 1. The van der Waals surface area contributed by atoms with Gasteiger partial charge < -0.3 is 0 Å². The summed E-state index contributed by atoms with van der Waals surface area (Å²) in [6, 6.07) is 0. The molecule has 0 spiro atoms. The van der Waals surface area contributed by atoms with Crippen LogP contribution in [0.15, 0.2) is 5.03 Å². The number of hydrogen-bond donors (Lipinski definition) is 0. The largest absolute Gasteiger partial charge is 0.323 e. The number of alkyl halides is 1. The molecule has 0 aliphatic heterocycles. The van der Waals surface area contributed by atoms with E-state index < -0.39 is 0 Å². The van der Waals surface area contributed by atoms with Crippen LogP contribution in [0.2, 0.25) is 0 Å². The molecule has 1 aromatic rings. The zero-order chi connectivity index (χ0) is 13.0. The molecule has 0 fully saturated rings. The van der Waals surface area contributed by atoms with Crippen LogP contribution >= 0.6 is 23.4 Å². The molecule has 0 radical (unpaired) electrons. The van der Waals surface area contributed by atoms with E-state index in [1.54, 1.807) is 11.6 Å². The van der Waals surface area contributed by atoms with Crippen LogP contribution in [-0.4, -0.2) is 25.8 Å². The Balaban J connectivity index is 3.06. The van der Waals surface area contributed by atoms with Gasteiger partial charge in [-0.1, -0.05) is 18.7 Å². The molecule has 1 atom stereocenters. The molecule has 0 aliphatic rings. The number of halogens is 1. The van der Waals surface area contributed by atoms with E-state index in [9.17, 15) is 10.1 Å². The number of rotatable bonds is 6. The van der Waals surface area contributed by atoms with E-state index in [2.05, 4.69) is 5.10 Å². The maximum absolute atomic E-state index is 11.0. The number of aromatic nitrogens is 2. The van der Waals surface area contributed by atoms with Gasteiger partial charge in [0.2, 0.25) is 0 Å². The van der Waals surface area contributed by atoms with Crippen LogP contribution in [0.3, 0.4) is 0 Å². The van der Waals surface area contributed by atoms with Gasteiger partial charge in [0.1, 0.15) is 5.69 Å². The first-order valence-corrected chi connectivity index (χ1v) is 6.87. The van der Waals surface area contributed by atoms with Gasteiger partial charge in [0.25, 0.3) is 0 Å². The first-order chi connectivity index (χ1) is 8.01. The molecule has 1 rings (SSSR count). The van der Waals surface area contributed by atoms with Crippen LogP contribution < -0.4 is 0 Å². The van der Waals surface area contributed by atoms with Crippen molar-refractivity contribution in [2.45, 2.75) is 44.0 Å². The highest BCUT2D eigenvalue weighted by Crippen LogP contribution is 2.35. The van der Waals surface area contributed by atoms with Gasteiger partial charge in [-0.05, 0) is 20.3 Å². The Bertz CT molecular complexity index is 409. The second kappa shape index (κ2) is 6.26. The lowest BCUT2D eigenvalue weighted by molar-refractivity contribution is -0.388. The predicted molar refractivity (Wildman–Crippen MR) is 69.9 cm³/mol. The van der Waals surface area contributed by atoms with Crippen LogP contribution in [0.4, 0.5) is 5.69 Å². The smallest absolute Gasteiger partial charge is 0.258 e. The Labute approximate surface area is 110 Å². The minimum atomic E-state index is -0.357. The molecule has 0 amide bonds. The van der Waals surface area contributed by atoms with E-state index in [4.69, 9.17) is 11.6 Å². The van der Waals surface area contributed by atoms with Gasteiger partial charge >= 0.3 is 5.69 Å². The third-order valence-corrected chi connectivity index (χ3v) is 3.84. The van der Waals surface area contributed by atoms with Crippen molar-refractivity contribution >= 4 is 29.1 Å². The van der Waals surface area contributed by atoms with Gasteiger partial charge in [-0.15, -0.1) is 11.6 Å². The van der Waals surface area contributed by atoms with Gasteiger partial charge in [-0.25, -0.2) is 0 Å². The molecule has 96 valence electrons. The maximum atomic E-state index is 11.0. The minimum Gasteiger partial charge on any atom is -0.258 e. The van der Waals surface area contributed by atoms with E-state index in [1.165, 1.54) is 11.8 Å². The summed E-state index contributed by atoms with van der Waals surface area (Å²) in [7, 11) is 0. The first kappa shape index (κ1) is 14.3. The van der Waals surface area contributed by atoms with Gasteiger partial charge in [-0.2, -0.15) is 5.10 Å². The summed E-state index contributed by atoms with van der Waals surface area (Å²) in [5, 5.41) is 16.1. The highest BCUT2D eigenvalue weighted by molar-refractivity contribution is 8.00. The van der Waals surface area contributed by atoms with Crippen LogP contribution in [0.5, 0.6) is 0 Å². The van der Waals surface area contributed by atoms with Crippen LogP contribution in [0, 0.1) is 17.0 Å². The van der Waals surface area contributed by atoms with E-state index in [0.717, 1.165) is 6.42 Å². The Morgan fingerprint density at radius 3 is 2.76 bits per heavy atom. The molecule has 5 nitrogen and oxygen atoms in total. The average molecular weight is 278 g/mol. The average Bonchev–Trinajstić information content (AvgIpc) is 2.55. The number of aryl methyl sites for hydroxylation is 2. The quantitative estimate of drug-likeness (QED) is 0.347. The second-order valence-electron chi connectivity index (χ2n) is 3.72. The highest BCUT2D eigenvalue weighted by Gasteiger charge is 2.26. The summed E-state index contributed by atoms with van der Waals surface area (Å²) in [5.74, 6) is 0.557. The SMILES string of the molecule is CCn1nc(C)c([N+](=O)[O-])c1SC(C)CCCl. The Hall–Kier alpha value is -0.750. The maximum Gasteiger partial charge on any atom is 0.323 e. The van der Waals surface area contributed by atoms with Gasteiger partial charge in [0, 0.05) is 17.7 Å².